The maximum atomic E-state index is 11.6. The van der Waals surface area contributed by atoms with E-state index < -0.39 is 0 Å². The van der Waals surface area contributed by atoms with E-state index in [1.54, 1.807) is 0 Å². The first-order valence-corrected chi connectivity index (χ1v) is 5.06. The fraction of sp³-hybridized carbons (Fsp3) is 0.778. The molecule has 2 heterocycles. The molecule has 2 saturated heterocycles. The van der Waals surface area contributed by atoms with Gasteiger partial charge in [-0.25, -0.2) is 0 Å². The van der Waals surface area contributed by atoms with Gasteiger partial charge < -0.3 is 16.0 Å². The van der Waals surface area contributed by atoms with Gasteiger partial charge in [0, 0.05) is 19.0 Å². The zero-order valence-electron chi connectivity index (χ0n) is 8.01. The van der Waals surface area contributed by atoms with Crippen molar-refractivity contribution in [3.63, 3.8) is 0 Å². The molecule has 78 valence electrons. The molecule has 0 aromatic rings. The minimum atomic E-state index is -0.303. The van der Waals surface area contributed by atoms with Crippen LogP contribution in [-0.4, -0.2) is 37.0 Å². The van der Waals surface area contributed by atoms with Gasteiger partial charge in [-0.15, -0.1) is 0 Å². The van der Waals surface area contributed by atoms with Gasteiger partial charge in [-0.1, -0.05) is 0 Å². The van der Waals surface area contributed by atoms with Crippen LogP contribution in [0.3, 0.4) is 0 Å². The summed E-state index contributed by atoms with van der Waals surface area (Å²) in [6.45, 7) is 1.80. The molecule has 3 N–H and O–H groups in total. The summed E-state index contributed by atoms with van der Waals surface area (Å²) in [7, 11) is 0. The third-order valence-corrected chi connectivity index (χ3v) is 2.72. The third kappa shape index (κ3) is 2.04. The summed E-state index contributed by atoms with van der Waals surface area (Å²) in [5, 5.41) is 8.76. The lowest BCUT2D eigenvalue weighted by atomic mass is 10.2. The number of nitrogens with one attached hydrogen (secondary N) is 3. The molecule has 0 aromatic carbocycles. The lowest BCUT2D eigenvalue weighted by molar-refractivity contribution is -0.126. The van der Waals surface area contributed by atoms with Crippen LogP contribution in [-0.2, 0) is 9.59 Å². The fourth-order valence-corrected chi connectivity index (χ4v) is 1.89. The quantitative estimate of drug-likeness (QED) is 0.517. The van der Waals surface area contributed by atoms with Crippen LogP contribution in [0.25, 0.3) is 0 Å². The van der Waals surface area contributed by atoms with Crippen LogP contribution in [0, 0.1) is 0 Å². The molecule has 0 radical (unpaired) electrons. The van der Waals surface area contributed by atoms with E-state index in [0.717, 1.165) is 19.5 Å². The molecular formula is C9H15N3O2. The SMILES string of the molecule is O=C1CCC(C(=O)NC2CCNC2)N1. The molecule has 2 atom stereocenters. The van der Waals surface area contributed by atoms with Crippen LogP contribution in [0.15, 0.2) is 0 Å². The van der Waals surface area contributed by atoms with Gasteiger partial charge in [0.2, 0.25) is 11.8 Å². The first kappa shape index (κ1) is 9.45. The lowest BCUT2D eigenvalue weighted by Crippen LogP contribution is -2.46. The predicted octanol–water partition coefficient (Wildman–Crippen LogP) is -1.26. The maximum Gasteiger partial charge on any atom is 0.242 e. The summed E-state index contributed by atoms with van der Waals surface area (Å²) in [6.07, 6.45) is 2.08. The van der Waals surface area contributed by atoms with Crippen LogP contribution in [0.5, 0.6) is 0 Å². The monoisotopic (exact) mass is 197 g/mol. The number of hydrogen-bond donors (Lipinski definition) is 3. The first-order valence-electron chi connectivity index (χ1n) is 5.06. The second kappa shape index (κ2) is 3.96. The van der Waals surface area contributed by atoms with Gasteiger partial charge in [0.05, 0.1) is 0 Å². The first-order chi connectivity index (χ1) is 6.75. The highest BCUT2D eigenvalue weighted by Gasteiger charge is 2.28. The van der Waals surface area contributed by atoms with Crippen molar-refractivity contribution in [2.24, 2.45) is 0 Å². The molecule has 2 aliphatic rings. The van der Waals surface area contributed by atoms with Crippen LogP contribution in [0.1, 0.15) is 19.3 Å². The molecule has 2 aliphatic heterocycles. The van der Waals surface area contributed by atoms with E-state index in [9.17, 15) is 9.59 Å². The van der Waals surface area contributed by atoms with Crippen molar-refractivity contribution in [1.82, 2.24) is 16.0 Å². The summed E-state index contributed by atoms with van der Waals surface area (Å²) in [5.74, 6) is -0.0563. The Kier molecular flexibility index (Phi) is 2.67. The highest BCUT2D eigenvalue weighted by atomic mass is 16.2. The molecule has 2 rings (SSSR count). The summed E-state index contributed by atoms with van der Waals surface area (Å²) in [4.78, 5) is 22.5. The smallest absolute Gasteiger partial charge is 0.242 e. The van der Waals surface area contributed by atoms with Gasteiger partial charge in [-0.3, -0.25) is 9.59 Å². The molecule has 2 amide bonds. The molecule has 14 heavy (non-hydrogen) atoms. The summed E-state index contributed by atoms with van der Waals surface area (Å²) < 4.78 is 0. The van der Waals surface area contributed by atoms with Crippen molar-refractivity contribution in [3.05, 3.63) is 0 Å². The molecule has 0 aromatic heterocycles. The van der Waals surface area contributed by atoms with E-state index in [2.05, 4.69) is 16.0 Å². The average Bonchev–Trinajstić information content (AvgIpc) is 2.75. The van der Waals surface area contributed by atoms with Gasteiger partial charge in [-0.05, 0) is 19.4 Å². The minimum Gasteiger partial charge on any atom is -0.350 e. The van der Waals surface area contributed by atoms with E-state index in [1.165, 1.54) is 0 Å². The van der Waals surface area contributed by atoms with Gasteiger partial charge in [0.1, 0.15) is 6.04 Å². The molecule has 0 saturated carbocycles. The molecule has 2 fully saturated rings. The Balaban J connectivity index is 1.80. The number of rotatable bonds is 2. The zero-order chi connectivity index (χ0) is 9.97. The van der Waals surface area contributed by atoms with Crippen LogP contribution < -0.4 is 16.0 Å². The molecule has 0 spiro atoms. The van der Waals surface area contributed by atoms with Crippen molar-refractivity contribution in [2.45, 2.75) is 31.3 Å². The van der Waals surface area contributed by atoms with Crippen molar-refractivity contribution >= 4 is 11.8 Å². The average molecular weight is 197 g/mol. The third-order valence-electron chi connectivity index (χ3n) is 2.72. The second-order valence-corrected chi connectivity index (χ2v) is 3.86. The Labute approximate surface area is 82.6 Å². The van der Waals surface area contributed by atoms with E-state index in [0.29, 0.717) is 12.8 Å². The Morgan fingerprint density at radius 3 is 2.86 bits per heavy atom. The molecule has 2 unspecified atom stereocenters. The predicted molar refractivity (Wildman–Crippen MR) is 50.6 cm³/mol. The largest absolute Gasteiger partial charge is 0.350 e. The lowest BCUT2D eigenvalue weighted by Gasteiger charge is -2.15. The summed E-state index contributed by atoms with van der Waals surface area (Å²) in [5.41, 5.74) is 0. The molecule has 5 nitrogen and oxygen atoms in total. The molecule has 0 aliphatic carbocycles. The van der Waals surface area contributed by atoms with E-state index in [-0.39, 0.29) is 23.9 Å². The molecule has 5 heteroatoms. The zero-order valence-corrected chi connectivity index (χ0v) is 8.01. The topological polar surface area (TPSA) is 70.2 Å². The Bertz CT molecular complexity index is 248. The fourth-order valence-electron chi connectivity index (χ4n) is 1.89. The van der Waals surface area contributed by atoms with Crippen molar-refractivity contribution in [2.75, 3.05) is 13.1 Å². The van der Waals surface area contributed by atoms with Crippen molar-refractivity contribution in [3.8, 4) is 0 Å². The maximum absolute atomic E-state index is 11.6. The van der Waals surface area contributed by atoms with Crippen LogP contribution in [0.2, 0.25) is 0 Å². The molecular weight excluding hydrogens is 182 g/mol. The minimum absolute atomic E-state index is 0.0188. The Hall–Kier alpha value is -1.10. The van der Waals surface area contributed by atoms with Crippen LogP contribution in [0.4, 0.5) is 0 Å². The highest BCUT2D eigenvalue weighted by Crippen LogP contribution is 2.07. The van der Waals surface area contributed by atoms with E-state index >= 15 is 0 Å². The summed E-state index contributed by atoms with van der Waals surface area (Å²) in [6, 6.07) is -0.0666. The van der Waals surface area contributed by atoms with E-state index in [4.69, 9.17) is 0 Å². The van der Waals surface area contributed by atoms with Crippen molar-refractivity contribution in [1.29, 1.82) is 0 Å². The van der Waals surface area contributed by atoms with Gasteiger partial charge in [0.15, 0.2) is 0 Å². The number of carbonyl (C=O) groups excluding carboxylic acids is 2. The van der Waals surface area contributed by atoms with Gasteiger partial charge >= 0.3 is 0 Å². The van der Waals surface area contributed by atoms with E-state index in [1.807, 2.05) is 0 Å². The number of carbonyl (C=O) groups is 2. The highest BCUT2D eigenvalue weighted by molar-refractivity contribution is 5.90. The second-order valence-electron chi connectivity index (χ2n) is 3.86. The Morgan fingerprint density at radius 1 is 1.43 bits per heavy atom. The number of hydrogen-bond acceptors (Lipinski definition) is 3. The normalized spacial score (nSPS) is 31.6. The van der Waals surface area contributed by atoms with Gasteiger partial charge in [-0.2, -0.15) is 0 Å². The Morgan fingerprint density at radius 2 is 2.29 bits per heavy atom. The molecule has 0 bridgehead atoms. The standard InChI is InChI=1S/C9H15N3O2/c13-8-2-1-7(12-8)9(14)11-6-3-4-10-5-6/h6-7,10H,1-5H2,(H,11,14)(H,12,13). The van der Waals surface area contributed by atoms with Gasteiger partial charge in [0.25, 0.3) is 0 Å². The van der Waals surface area contributed by atoms with Crippen molar-refractivity contribution < 1.29 is 9.59 Å². The summed E-state index contributed by atoms with van der Waals surface area (Å²) >= 11 is 0. The number of amides is 2. The van der Waals surface area contributed by atoms with Crippen LogP contribution >= 0.6 is 0 Å².